The highest BCUT2D eigenvalue weighted by Crippen LogP contribution is 2.58. The molecule has 3 fully saturated rings. The van der Waals surface area contributed by atoms with E-state index in [-0.39, 0.29) is 47.6 Å². The first kappa shape index (κ1) is 40.5. The summed E-state index contributed by atoms with van der Waals surface area (Å²) in [6, 6.07) is 13.8. The fourth-order valence-corrected chi connectivity index (χ4v) is 11.1. The summed E-state index contributed by atoms with van der Waals surface area (Å²) in [4.78, 5) is 62.6. The number of hydrogen-bond donors (Lipinski definition) is 2. The first-order chi connectivity index (χ1) is 27.3. The van der Waals surface area contributed by atoms with Crippen LogP contribution in [0.15, 0.2) is 73.1 Å². The van der Waals surface area contributed by atoms with Gasteiger partial charge in [-0.3, -0.25) is 28.7 Å². The second kappa shape index (κ2) is 17.1. The molecule has 5 heterocycles. The van der Waals surface area contributed by atoms with Crippen LogP contribution < -0.4 is 14.9 Å². The number of fused-ring (bicyclic) bond motifs is 2. The maximum atomic E-state index is 16.5. The van der Waals surface area contributed by atoms with Gasteiger partial charge in [-0.15, -0.1) is 11.3 Å². The van der Waals surface area contributed by atoms with Gasteiger partial charge in [0, 0.05) is 42.1 Å². The summed E-state index contributed by atoms with van der Waals surface area (Å²) in [6.45, 7) is 8.73. The predicted octanol–water partition coefficient (Wildman–Crippen LogP) is 7.29. The highest BCUT2D eigenvalue weighted by Gasteiger charge is 2.49. The molecule has 7 atom stereocenters. The molecule has 0 spiro atoms. The maximum absolute atomic E-state index is 16.5. The maximum Gasteiger partial charge on any atom is 0.355 e. The van der Waals surface area contributed by atoms with Gasteiger partial charge < -0.3 is 24.4 Å². The Hall–Kier alpha value is -4.65. The lowest BCUT2D eigenvalue weighted by Crippen LogP contribution is -2.58. The molecule has 0 radical (unpaired) electrons. The molecule has 2 N–H and O–H groups in total. The second-order valence-corrected chi connectivity index (χ2v) is 18.7. The summed E-state index contributed by atoms with van der Waals surface area (Å²) in [5.74, 6) is -3.10. The lowest BCUT2D eigenvalue weighted by molar-refractivity contribution is -0.148. The van der Waals surface area contributed by atoms with Crippen LogP contribution in [-0.4, -0.2) is 82.3 Å². The van der Waals surface area contributed by atoms with Crippen LogP contribution >= 0.6 is 18.9 Å². The van der Waals surface area contributed by atoms with Crippen LogP contribution in [0.25, 0.3) is 10.1 Å². The number of thiophene rings is 1. The third-order valence-electron chi connectivity index (χ3n) is 11.2. The minimum absolute atomic E-state index is 0.0285. The number of alkyl halides is 1. The zero-order chi connectivity index (χ0) is 40.4. The van der Waals surface area contributed by atoms with Crippen LogP contribution in [0.4, 0.5) is 4.39 Å². The molecule has 12 nitrogen and oxygen atoms in total. The molecule has 3 saturated heterocycles. The van der Waals surface area contributed by atoms with Gasteiger partial charge in [0.05, 0.1) is 11.5 Å². The van der Waals surface area contributed by atoms with Gasteiger partial charge in [-0.25, -0.2) is 9.48 Å². The SMILES string of the molecule is CCCOC(=O)[C@H](C)N[P@@](=O)(Oc1ccccc1)[C@H](F)c1ccc2sc(C(=O)N[C@H]3C[C@@H](C)C[C@H]4CC[C@@H](C(=O)N5CC(c6cnccc6C)C5)N4C3=O)cc2c1. The van der Waals surface area contributed by atoms with Gasteiger partial charge >= 0.3 is 13.5 Å². The molecule has 7 rings (SSSR count). The number of esters is 1. The van der Waals surface area contributed by atoms with E-state index in [1.165, 1.54) is 30.4 Å². The van der Waals surface area contributed by atoms with Crippen molar-refractivity contribution in [2.75, 3.05) is 19.7 Å². The molecule has 15 heteroatoms. The zero-order valence-corrected chi connectivity index (χ0v) is 34.3. The number of carbonyl (C=O) groups is 4. The zero-order valence-electron chi connectivity index (χ0n) is 32.6. The molecule has 57 heavy (non-hydrogen) atoms. The smallest absolute Gasteiger partial charge is 0.355 e. The Kier molecular flexibility index (Phi) is 12.1. The highest BCUT2D eigenvalue weighted by molar-refractivity contribution is 7.57. The first-order valence-electron chi connectivity index (χ1n) is 19.6. The number of likely N-dealkylation sites (tertiary alicyclic amines) is 1. The minimum Gasteiger partial charge on any atom is -0.465 e. The number of amides is 3. The third kappa shape index (κ3) is 8.63. The number of halogens is 1. The molecule has 3 aliphatic heterocycles. The lowest BCUT2D eigenvalue weighted by atomic mass is 9.89. The number of carbonyl (C=O) groups excluding carboxylic acids is 4. The monoisotopic (exact) mass is 817 g/mol. The Morgan fingerprint density at radius 1 is 1.07 bits per heavy atom. The van der Waals surface area contributed by atoms with Gasteiger partial charge in [0.15, 0.2) is 0 Å². The molecule has 2 aromatic carbocycles. The van der Waals surface area contributed by atoms with E-state index in [0.717, 1.165) is 24.0 Å². The van der Waals surface area contributed by atoms with Crippen LogP contribution in [0.3, 0.4) is 0 Å². The molecular formula is C42H49FN5O7PS. The summed E-state index contributed by atoms with van der Waals surface area (Å²) in [6.07, 6.45) is 6.74. The number of nitrogens with one attached hydrogen (secondary N) is 2. The summed E-state index contributed by atoms with van der Waals surface area (Å²) < 4.78 is 42.4. The molecule has 4 aromatic rings. The molecule has 0 bridgehead atoms. The van der Waals surface area contributed by atoms with Gasteiger partial charge in [-0.2, -0.15) is 0 Å². The van der Waals surface area contributed by atoms with Gasteiger partial charge in [0.2, 0.25) is 17.7 Å². The fourth-order valence-electron chi connectivity index (χ4n) is 8.20. The normalized spacial score (nSPS) is 23.1. The number of hydrogen-bond acceptors (Lipinski definition) is 9. The number of ether oxygens (including phenoxy) is 1. The van der Waals surface area contributed by atoms with E-state index in [4.69, 9.17) is 9.26 Å². The van der Waals surface area contributed by atoms with E-state index >= 15 is 4.39 Å². The van der Waals surface area contributed by atoms with Crippen molar-refractivity contribution in [3.8, 4) is 5.75 Å². The van der Waals surface area contributed by atoms with E-state index in [1.54, 1.807) is 53.6 Å². The van der Waals surface area contributed by atoms with Crippen molar-refractivity contribution < 1.29 is 37.4 Å². The summed E-state index contributed by atoms with van der Waals surface area (Å²) >= 11 is 1.19. The quantitative estimate of drug-likeness (QED) is 0.105. The Morgan fingerprint density at radius 2 is 1.84 bits per heavy atom. The van der Waals surface area contributed by atoms with Crippen molar-refractivity contribution in [1.82, 2.24) is 25.2 Å². The molecular weight excluding hydrogens is 769 g/mol. The Balaban J connectivity index is 1.05. The van der Waals surface area contributed by atoms with E-state index < -0.39 is 43.4 Å². The van der Waals surface area contributed by atoms with Crippen molar-refractivity contribution in [3.63, 3.8) is 0 Å². The average Bonchev–Trinajstić information content (AvgIpc) is 3.78. The number of nitrogens with zero attached hydrogens (tertiary/aromatic N) is 3. The van der Waals surface area contributed by atoms with Crippen molar-refractivity contribution in [3.05, 3.63) is 94.6 Å². The largest absolute Gasteiger partial charge is 0.465 e. The number of benzene rings is 2. The summed E-state index contributed by atoms with van der Waals surface area (Å²) in [5, 5.41) is 6.09. The standard InChI is InChI=1S/C42H49FN5O7PS/c1-5-17-54-42(52)27(4)46-56(53,55-32-9-7-6-8-10-32)38(43)28-11-14-36-29(20-28)21-37(57-36)39(49)45-34-19-25(2)18-31-12-13-35(48(31)40(34)50)41(51)47-23-30(24-47)33-22-44-16-15-26(33)3/h6-11,14-16,20-22,25,27,30-31,34-35,38H,5,12-13,17-19,23-24H2,1-4H3,(H,45,49)(H,46,53)/t25-,27-,31+,34-,35-,38-,56-/m0/s1. The van der Waals surface area contributed by atoms with Gasteiger partial charge in [0.1, 0.15) is 23.9 Å². The number of aromatic nitrogens is 1. The van der Waals surface area contributed by atoms with E-state index in [2.05, 4.69) is 22.3 Å². The Bertz CT molecular complexity index is 2180. The predicted molar refractivity (Wildman–Crippen MR) is 216 cm³/mol. The van der Waals surface area contributed by atoms with Crippen molar-refractivity contribution >= 4 is 52.6 Å². The van der Waals surface area contributed by atoms with Gasteiger partial charge in [-0.1, -0.05) is 38.1 Å². The van der Waals surface area contributed by atoms with Crippen LogP contribution in [-0.2, 0) is 23.7 Å². The second-order valence-electron chi connectivity index (χ2n) is 15.5. The summed E-state index contributed by atoms with van der Waals surface area (Å²) in [5.41, 5.74) is 2.31. The van der Waals surface area contributed by atoms with Crippen LogP contribution in [0.2, 0.25) is 0 Å². The molecule has 3 aliphatic rings. The minimum atomic E-state index is -4.44. The Morgan fingerprint density at radius 3 is 2.58 bits per heavy atom. The van der Waals surface area contributed by atoms with E-state index in [1.807, 2.05) is 31.0 Å². The fraction of sp³-hybridized carbons (Fsp3) is 0.452. The van der Waals surface area contributed by atoms with Crippen molar-refractivity contribution in [2.24, 2.45) is 5.92 Å². The first-order valence-corrected chi connectivity index (χ1v) is 22.1. The van der Waals surface area contributed by atoms with Gasteiger partial charge in [-0.05, 0) is 110 Å². The van der Waals surface area contributed by atoms with Gasteiger partial charge in [0.25, 0.3) is 5.91 Å². The number of rotatable bonds is 13. The average molecular weight is 818 g/mol. The summed E-state index contributed by atoms with van der Waals surface area (Å²) in [7, 11) is -4.44. The number of pyridine rings is 1. The molecule has 0 unspecified atom stereocenters. The number of aryl methyl sites for hydroxylation is 1. The molecule has 3 amide bonds. The van der Waals surface area contributed by atoms with E-state index in [0.29, 0.717) is 47.3 Å². The van der Waals surface area contributed by atoms with Crippen LogP contribution in [0.1, 0.15) is 91.1 Å². The highest BCUT2D eigenvalue weighted by atomic mass is 32.1. The Labute approximate surface area is 336 Å². The van der Waals surface area contributed by atoms with Crippen molar-refractivity contribution in [2.45, 2.75) is 95.8 Å². The molecule has 302 valence electrons. The molecule has 2 aromatic heterocycles. The van der Waals surface area contributed by atoms with Crippen molar-refractivity contribution in [1.29, 1.82) is 0 Å². The van der Waals surface area contributed by atoms with E-state index in [9.17, 15) is 23.7 Å². The third-order valence-corrected chi connectivity index (χ3v) is 14.4. The molecule has 0 saturated carbocycles. The molecule has 0 aliphatic carbocycles. The number of para-hydroxylation sites is 1. The lowest BCUT2D eigenvalue weighted by Gasteiger charge is -2.43. The topological polar surface area (TPSA) is 147 Å². The van der Waals surface area contributed by atoms with Crippen LogP contribution in [0.5, 0.6) is 5.75 Å². The van der Waals surface area contributed by atoms with Crippen LogP contribution in [0, 0.1) is 12.8 Å².